The number of rotatable bonds is 3. The fourth-order valence-corrected chi connectivity index (χ4v) is 6.41. The molecule has 182 valence electrons. The van der Waals surface area contributed by atoms with E-state index < -0.39 is 12.1 Å². The van der Waals surface area contributed by atoms with Gasteiger partial charge in [0.25, 0.3) is 5.56 Å². The first kappa shape index (κ1) is 22.7. The number of cyclic esters (lactones) is 1. The number of halogens is 1. The van der Waals surface area contributed by atoms with E-state index in [4.69, 9.17) is 9.72 Å². The molecule has 2 N–H and O–H groups in total. The van der Waals surface area contributed by atoms with Gasteiger partial charge in [-0.1, -0.05) is 0 Å². The summed E-state index contributed by atoms with van der Waals surface area (Å²) < 4.78 is 21.1. The predicted octanol–water partition coefficient (Wildman–Crippen LogP) is 1.87. The van der Waals surface area contributed by atoms with E-state index in [9.17, 15) is 24.2 Å². The SMILES string of the molecule is Cc1cc2c(CN3CCSCC3CO)c3c(nc2cc1F)-c1cc2c(c(=O)n1C3)COC(=O)C2O. The molecule has 0 radical (unpaired) electrons. The van der Waals surface area contributed by atoms with Gasteiger partial charge in [0.1, 0.15) is 12.4 Å². The Balaban J connectivity index is 1.57. The first-order valence-corrected chi connectivity index (χ1v) is 12.7. The smallest absolute Gasteiger partial charge is 0.340 e. The number of hydrogen-bond acceptors (Lipinski definition) is 8. The van der Waals surface area contributed by atoms with Crippen LogP contribution in [-0.2, 0) is 29.2 Å². The van der Waals surface area contributed by atoms with Crippen molar-refractivity contribution >= 4 is 28.6 Å². The molecular formula is C25H24FN3O5S. The highest BCUT2D eigenvalue weighted by molar-refractivity contribution is 7.99. The van der Waals surface area contributed by atoms with Gasteiger partial charge < -0.3 is 19.5 Å². The molecule has 1 saturated heterocycles. The minimum atomic E-state index is -1.53. The molecule has 1 fully saturated rings. The van der Waals surface area contributed by atoms with Crippen LogP contribution in [-0.4, -0.2) is 61.3 Å². The number of benzene rings is 1. The fourth-order valence-electron chi connectivity index (χ4n) is 5.29. The molecule has 2 atom stereocenters. The van der Waals surface area contributed by atoms with Crippen LogP contribution in [0.15, 0.2) is 23.0 Å². The molecule has 0 bridgehead atoms. The Bertz CT molecular complexity index is 1460. The average molecular weight is 498 g/mol. The summed E-state index contributed by atoms with van der Waals surface area (Å²) >= 11 is 1.81. The molecule has 3 aromatic rings. The second-order valence-corrected chi connectivity index (χ2v) is 10.4. The van der Waals surface area contributed by atoms with Gasteiger partial charge >= 0.3 is 5.97 Å². The number of thioether (sulfide) groups is 1. The van der Waals surface area contributed by atoms with Gasteiger partial charge in [-0.3, -0.25) is 9.69 Å². The Morgan fingerprint density at radius 1 is 1.26 bits per heavy atom. The molecule has 8 nitrogen and oxygen atoms in total. The number of esters is 1. The van der Waals surface area contributed by atoms with Crippen LogP contribution in [0.4, 0.5) is 4.39 Å². The van der Waals surface area contributed by atoms with Gasteiger partial charge in [-0.05, 0) is 30.2 Å². The largest absolute Gasteiger partial charge is 0.458 e. The molecule has 3 aliphatic heterocycles. The van der Waals surface area contributed by atoms with Crippen LogP contribution >= 0.6 is 11.8 Å². The zero-order valence-electron chi connectivity index (χ0n) is 19.1. The van der Waals surface area contributed by atoms with Crippen LogP contribution in [0.1, 0.15) is 33.9 Å². The lowest BCUT2D eigenvalue weighted by Crippen LogP contribution is -2.44. The van der Waals surface area contributed by atoms with E-state index in [-0.39, 0.29) is 48.3 Å². The van der Waals surface area contributed by atoms with Gasteiger partial charge in [0.2, 0.25) is 0 Å². The highest BCUT2D eigenvalue weighted by Gasteiger charge is 2.35. The molecule has 6 rings (SSSR count). The lowest BCUT2D eigenvalue weighted by Gasteiger charge is -2.35. The van der Waals surface area contributed by atoms with Gasteiger partial charge in [-0.15, -0.1) is 0 Å². The Morgan fingerprint density at radius 3 is 2.89 bits per heavy atom. The van der Waals surface area contributed by atoms with Crippen LogP contribution in [0.3, 0.4) is 0 Å². The minimum absolute atomic E-state index is 0.00582. The number of carbonyl (C=O) groups is 1. The number of fused-ring (bicyclic) bond motifs is 5. The average Bonchev–Trinajstić information content (AvgIpc) is 3.22. The van der Waals surface area contributed by atoms with Crippen molar-refractivity contribution < 1.29 is 24.1 Å². The molecule has 10 heteroatoms. The van der Waals surface area contributed by atoms with Crippen molar-refractivity contribution in [3.05, 3.63) is 62.2 Å². The van der Waals surface area contributed by atoms with E-state index in [2.05, 4.69) is 4.90 Å². The van der Waals surface area contributed by atoms with Crippen molar-refractivity contribution in [1.29, 1.82) is 0 Å². The van der Waals surface area contributed by atoms with Crippen molar-refractivity contribution in [3.63, 3.8) is 0 Å². The van der Waals surface area contributed by atoms with Crippen molar-refractivity contribution in [1.82, 2.24) is 14.5 Å². The quantitative estimate of drug-likeness (QED) is 0.414. The van der Waals surface area contributed by atoms with E-state index in [1.54, 1.807) is 23.6 Å². The number of pyridine rings is 2. The number of aryl methyl sites for hydroxylation is 1. The molecule has 0 amide bonds. The second kappa shape index (κ2) is 8.41. The first-order chi connectivity index (χ1) is 16.9. The monoisotopic (exact) mass is 497 g/mol. The standard InChI is InChI=1S/C25H24FN3O5S/c1-12-4-14-16(7-28-2-3-35-11-13(28)9-30)17-8-29-21(22(17)27-20(14)6-19(12)26)5-15-18(24(29)32)10-34-25(33)23(15)31/h4-6,13,23,30-31H,2-3,7-11H2,1H3. The number of aromatic nitrogens is 2. The Kier molecular flexibility index (Phi) is 5.44. The van der Waals surface area contributed by atoms with Gasteiger partial charge in [0.15, 0.2) is 6.10 Å². The van der Waals surface area contributed by atoms with Crippen molar-refractivity contribution in [3.8, 4) is 11.4 Å². The molecule has 1 aromatic carbocycles. The van der Waals surface area contributed by atoms with E-state index in [1.165, 1.54) is 6.07 Å². The summed E-state index contributed by atoms with van der Waals surface area (Å²) in [6, 6.07) is 4.85. The van der Waals surface area contributed by atoms with Crippen molar-refractivity contribution in [2.24, 2.45) is 0 Å². The summed E-state index contributed by atoms with van der Waals surface area (Å²) in [5.41, 5.74) is 4.01. The van der Waals surface area contributed by atoms with Gasteiger partial charge in [-0.2, -0.15) is 11.8 Å². The molecule has 0 aliphatic carbocycles. The van der Waals surface area contributed by atoms with Crippen LogP contribution in [0.5, 0.6) is 0 Å². The summed E-state index contributed by atoms with van der Waals surface area (Å²) in [5.74, 6) is 0.627. The Hall–Kier alpha value is -2.79. The molecule has 0 spiro atoms. The zero-order valence-corrected chi connectivity index (χ0v) is 19.9. The number of carbonyl (C=O) groups excluding carboxylic acids is 1. The Labute approximate surface area is 204 Å². The van der Waals surface area contributed by atoms with Crippen LogP contribution in [0.2, 0.25) is 0 Å². The number of aliphatic hydroxyl groups excluding tert-OH is 2. The maximum Gasteiger partial charge on any atom is 0.340 e. The molecule has 2 unspecified atom stereocenters. The summed E-state index contributed by atoms with van der Waals surface area (Å²) in [5, 5.41) is 21.1. The number of aliphatic hydroxyl groups is 2. The fraction of sp³-hybridized carbons (Fsp3) is 0.400. The predicted molar refractivity (Wildman–Crippen MR) is 129 cm³/mol. The second-order valence-electron chi connectivity index (χ2n) is 9.28. The van der Waals surface area contributed by atoms with Crippen molar-refractivity contribution in [2.75, 3.05) is 24.7 Å². The highest BCUT2D eigenvalue weighted by Crippen LogP contribution is 2.39. The maximum absolute atomic E-state index is 14.6. The van der Waals surface area contributed by atoms with Crippen LogP contribution in [0, 0.1) is 12.7 Å². The number of hydrogen-bond donors (Lipinski definition) is 2. The lowest BCUT2D eigenvalue weighted by atomic mass is 9.97. The molecule has 0 saturated carbocycles. The van der Waals surface area contributed by atoms with Crippen LogP contribution < -0.4 is 5.56 Å². The summed E-state index contributed by atoms with van der Waals surface area (Å²) in [4.78, 5) is 32.3. The third-order valence-corrected chi connectivity index (χ3v) is 8.37. The van der Waals surface area contributed by atoms with E-state index in [0.717, 1.165) is 34.6 Å². The van der Waals surface area contributed by atoms with Crippen molar-refractivity contribution in [2.45, 2.75) is 38.8 Å². The molecular weight excluding hydrogens is 473 g/mol. The summed E-state index contributed by atoms with van der Waals surface area (Å²) in [6.07, 6.45) is -1.53. The normalized spacial score (nSPS) is 21.5. The van der Waals surface area contributed by atoms with Gasteiger partial charge in [0, 0.05) is 53.2 Å². The highest BCUT2D eigenvalue weighted by atomic mass is 32.2. The van der Waals surface area contributed by atoms with Gasteiger partial charge in [-0.25, -0.2) is 14.2 Å². The molecule has 2 aromatic heterocycles. The Morgan fingerprint density at radius 2 is 2.09 bits per heavy atom. The third-order valence-electron chi connectivity index (χ3n) is 7.28. The minimum Gasteiger partial charge on any atom is -0.458 e. The first-order valence-electron chi connectivity index (χ1n) is 11.5. The lowest BCUT2D eigenvalue weighted by molar-refractivity contribution is -0.157. The summed E-state index contributed by atoms with van der Waals surface area (Å²) in [7, 11) is 0. The topological polar surface area (TPSA) is 105 Å². The zero-order chi connectivity index (χ0) is 24.4. The van der Waals surface area contributed by atoms with E-state index in [0.29, 0.717) is 29.0 Å². The van der Waals surface area contributed by atoms with Crippen LogP contribution in [0.25, 0.3) is 22.3 Å². The van der Waals surface area contributed by atoms with E-state index in [1.807, 2.05) is 11.8 Å². The molecule has 5 heterocycles. The van der Waals surface area contributed by atoms with E-state index >= 15 is 0 Å². The third kappa shape index (κ3) is 3.50. The number of ether oxygens (including phenoxy) is 1. The van der Waals surface area contributed by atoms with Gasteiger partial charge in [0.05, 0.1) is 35.6 Å². The maximum atomic E-state index is 14.6. The molecule has 35 heavy (non-hydrogen) atoms. The number of nitrogens with zero attached hydrogens (tertiary/aromatic N) is 3. The molecule has 3 aliphatic rings. The summed E-state index contributed by atoms with van der Waals surface area (Å²) in [6.45, 7) is 3.20.